The highest BCUT2D eigenvalue weighted by Crippen LogP contribution is 2.33. The fourth-order valence-electron chi connectivity index (χ4n) is 2.15. The third kappa shape index (κ3) is 4.53. The second-order valence-electron chi connectivity index (χ2n) is 5.36. The van der Waals surface area contributed by atoms with Gasteiger partial charge < -0.3 is 10.8 Å². The summed E-state index contributed by atoms with van der Waals surface area (Å²) in [5.41, 5.74) is 5.22. The fraction of sp³-hybridized carbons (Fsp3) is 0.0588. The number of azo groups is 1. The molecule has 1 heterocycles. The number of alkyl halides is 3. The van der Waals surface area contributed by atoms with Crippen molar-refractivity contribution in [2.45, 2.75) is 6.18 Å². The number of phenolic OH excluding ortho intramolecular Hbond substituents is 1. The first-order chi connectivity index (χ1) is 12.7. The summed E-state index contributed by atoms with van der Waals surface area (Å²) in [4.78, 5) is 15.4. The lowest BCUT2D eigenvalue weighted by Gasteiger charge is -2.06. The molecule has 0 saturated carbocycles. The lowest BCUT2D eigenvalue weighted by molar-refractivity contribution is -0.137. The van der Waals surface area contributed by atoms with E-state index >= 15 is 0 Å². The summed E-state index contributed by atoms with van der Waals surface area (Å²) in [5, 5.41) is 17.7. The topological polar surface area (TPSA) is 100 Å². The SMILES string of the molecule is NC1=NC(=O)/C(=C/c2cc(N=Nc3cccc(C(F)(F)F)c3)ccc2O)S1. The highest BCUT2D eigenvalue weighted by atomic mass is 32.2. The van der Waals surface area contributed by atoms with Gasteiger partial charge in [-0.25, -0.2) is 0 Å². The highest BCUT2D eigenvalue weighted by Gasteiger charge is 2.30. The van der Waals surface area contributed by atoms with E-state index in [9.17, 15) is 23.1 Å². The Bertz CT molecular complexity index is 1000. The van der Waals surface area contributed by atoms with Crippen LogP contribution in [-0.4, -0.2) is 16.2 Å². The fourth-order valence-corrected chi connectivity index (χ4v) is 2.82. The summed E-state index contributed by atoms with van der Waals surface area (Å²) < 4.78 is 38.2. The molecule has 2 aromatic carbocycles. The zero-order chi connectivity index (χ0) is 19.6. The number of carbonyl (C=O) groups is 1. The van der Waals surface area contributed by atoms with Crippen molar-refractivity contribution in [1.29, 1.82) is 0 Å². The quantitative estimate of drug-likeness (QED) is 0.581. The Labute approximate surface area is 155 Å². The lowest BCUT2D eigenvalue weighted by atomic mass is 10.1. The third-order valence-corrected chi connectivity index (χ3v) is 4.20. The summed E-state index contributed by atoms with van der Waals surface area (Å²) in [6.07, 6.45) is -3.08. The normalized spacial score (nSPS) is 16.3. The molecule has 0 atom stereocenters. The Morgan fingerprint density at radius 3 is 2.44 bits per heavy atom. The molecule has 0 unspecified atom stereocenters. The van der Waals surface area contributed by atoms with Crippen molar-refractivity contribution in [3.8, 4) is 5.75 Å². The van der Waals surface area contributed by atoms with Crippen LogP contribution < -0.4 is 5.73 Å². The molecule has 2 aromatic rings. The van der Waals surface area contributed by atoms with Crippen molar-refractivity contribution in [1.82, 2.24) is 0 Å². The molecule has 6 nitrogen and oxygen atoms in total. The number of rotatable bonds is 3. The Kier molecular flexibility index (Phi) is 5.00. The number of amides is 1. The molecule has 1 aliphatic rings. The van der Waals surface area contributed by atoms with Crippen molar-refractivity contribution in [2.24, 2.45) is 21.0 Å². The number of nitrogens with zero attached hydrogens (tertiary/aromatic N) is 3. The van der Waals surface area contributed by atoms with Gasteiger partial charge in [0.2, 0.25) is 0 Å². The average Bonchev–Trinajstić information content (AvgIpc) is 2.92. The van der Waals surface area contributed by atoms with E-state index in [1.165, 1.54) is 36.4 Å². The number of phenols is 1. The smallest absolute Gasteiger partial charge is 0.416 e. The summed E-state index contributed by atoms with van der Waals surface area (Å²) in [6, 6.07) is 8.63. The number of aliphatic imine (C=N–C) groups is 1. The lowest BCUT2D eigenvalue weighted by Crippen LogP contribution is -2.03. The number of nitrogens with two attached hydrogens (primary N) is 1. The molecule has 0 saturated heterocycles. The van der Waals surface area contributed by atoms with Gasteiger partial charge in [-0.2, -0.15) is 28.4 Å². The largest absolute Gasteiger partial charge is 0.507 e. The number of benzene rings is 2. The maximum absolute atomic E-state index is 12.7. The summed E-state index contributed by atoms with van der Waals surface area (Å²) in [6.45, 7) is 0. The number of hydrogen-bond donors (Lipinski definition) is 2. The first kappa shape index (κ1) is 18.6. The molecule has 138 valence electrons. The van der Waals surface area contributed by atoms with Crippen molar-refractivity contribution in [3.05, 3.63) is 58.5 Å². The van der Waals surface area contributed by atoms with E-state index < -0.39 is 17.6 Å². The molecule has 3 rings (SSSR count). The third-order valence-electron chi connectivity index (χ3n) is 3.39. The number of aromatic hydroxyl groups is 1. The van der Waals surface area contributed by atoms with Crippen LogP contribution in [0.25, 0.3) is 6.08 Å². The van der Waals surface area contributed by atoms with Crippen molar-refractivity contribution in [3.63, 3.8) is 0 Å². The van der Waals surface area contributed by atoms with E-state index in [-0.39, 0.29) is 32.8 Å². The van der Waals surface area contributed by atoms with Gasteiger partial charge in [-0.1, -0.05) is 6.07 Å². The van der Waals surface area contributed by atoms with Gasteiger partial charge in [-0.15, -0.1) is 0 Å². The van der Waals surface area contributed by atoms with Crippen molar-refractivity contribution in [2.75, 3.05) is 0 Å². The molecule has 1 amide bonds. The molecule has 0 fully saturated rings. The van der Waals surface area contributed by atoms with Gasteiger partial charge in [-0.3, -0.25) is 4.79 Å². The van der Waals surface area contributed by atoms with E-state index in [1.807, 2.05) is 0 Å². The molecule has 1 aliphatic heterocycles. The zero-order valence-corrected chi connectivity index (χ0v) is 14.3. The van der Waals surface area contributed by atoms with Crippen LogP contribution in [0.2, 0.25) is 0 Å². The number of thioether (sulfide) groups is 1. The zero-order valence-electron chi connectivity index (χ0n) is 13.4. The van der Waals surface area contributed by atoms with Gasteiger partial charge in [0.05, 0.1) is 21.8 Å². The van der Waals surface area contributed by atoms with Crippen LogP contribution in [0.5, 0.6) is 5.75 Å². The van der Waals surface area contributed by atoms with Gasteiger partial charge in [0.15, 0.2) is 5.17 Å². The van der Waals surface area contributed by atoms with Gasteiger partial charge >= 0.3 is 6.18 Å². The van der Waals surface area contributed by atoms with Crippen LogP contribution in [0.1, 0.15) is 11.1 Å². The Hall–Kier alpha value is -3.14. The molecular weight excluding hydrogens is 381 g/mol. The molecule has 0 aliphatic carbocycles. The average molecular weight is 392 g/mol. The predicted octanol–water partition coefficient (Wildman–Crippen LogP) is 4.76. The van der Waals surface area contributed by atoms with Gasteiger partial charge in [0.1, 0.15) is 5.75 Å². The molecular formula is C17H11F3N4O2S. The second-order valence-corrected chi connectivity index (χ2v) is 6.42. The van der Waals surface area contributed by atoms with E-state index in [2.05, 4.69) is 15.2 Å². The van der Waals surface area contributed by atoms with E-state index in [4.69, 9.17) is 5.73 Å². The van der Waals surface area contributed by atoms with Crippen LogP contribution >= 0.6 is 11.8 Å². The minimum absolute atomic E-state index is 0.0282. The van der Waals surface area contributed by atoms with Crippen molar-refractivity contribution < 1.29 is 23.1 Å². The van der Waals surface area contributed by atoms with Gasteiger partial charge in [0, 0.05) is 5.56 Å². The molecule has 10 heteroatoms. The Morgan fingerprint density at radius 2 is 1.81 bits per heavy atom. The Balaban J connectivity index is 1.86. The van der Waals surface area contributed by atoms with Gasteiger partial charge in [0.25, 0.3) is 5.91 Å². The van der Waals surface area contributed by atoms with Crippen LogP contribution in [0.15, 0.2) is 62.6 Å². The standard InChI is InChI=1S/C17H11F3N4O2S/c18-17(19,20)10-2-1-3-11(8-10)23-24-12-4-5-13(25)9(6-12)7-14-15(26)22-16(21)27-14/h1-8,25H,(H2,21,22,26)/b14-7-,24-23?. The van der Waals surface area contributed by atoms with Crippen molar-refractivity contribution >= 4 is 40.3 Å². The van der Waals surface area contributed by atoms with Crippen LogP contribution in [-0.2, 0) is 11.0 Å². The van der Waals surface area contributed by atoms with Crippen LogP contribution in [0, 0.1) is 0 Å². The maximum Gasteiger partial charge on any atom is 0.416 e. The molecule has 0 radical (unpaired) electrons. The Morgan fingerprint density at radius 1 is 1.11 bits per heavy atom. The van der Waals surface area contributed by atoms with Crippen LogP contribution in [0.3, 0.4) is 0 Å². The number of carbonyl (C=O) groups excluding carboxylic acids is 1. The molecule has 0 aromatic heterocycles. The number of amidine groups is 1. The second kappa shape index (κ2) is 7.23. The van der Waals surface area contributed by atoms with E-state index in [0.717, 1.165) is 23.9 Å². The highest BCUT2D eigenvalue weighted by molar-refractivity contribution is 8.18. The summed E-state index contributed by atoms with van der Waals surface area (Å²) in [7, 11) is 0. The minimum Gasteiger partial charge on any atom is -0.507 e. The molecule has 0 spiro atoms. The monoisotopic (exact) mass is 392 g/mol. The summed E-state index contributed by atoms with van der Waals surface area (Å²) >= 11 is 0.965. The minimum atomic E-state index is -4.47. The predicted molar refractivity (Wildman–Crippen MR) is 95.9 cm³/mol. The number of halogens is 3. The maximum atomic E-state index is 12.7. The van der Waals surface area contributed by atoms with E-state index in [0.29, 0.717) is 0 Å². The summed E-state index contributed by atoms with van der Waals surface area (Å²) in [5.74, 6) is -0.632. The number of hydrogen-bond acceptors (Lipinski definition) is 6. The first-order valence-electron chi connectivity index (χ1n) is 7.42. The van der Waals surface area contributed by atoms with Gasteiger partial charge in [-0.05, 0) is 54.2 Å². The molecule has 27 heavy (non-hydrogen) atoms. The molecule has 3 N–H and O–H groups in total. The first-order valence-corrected chi connectivity index (χ1v) is 8.24. The van der Waals surface area contributed by atoms with Crippen LogP contribution in [0.4, 0.5) is 24.5 Å². The van der Waals surface area contributed by atoms with E-state index in [1.54, 1.807) is 0 Å². The molecule has 0 bridgehead atoms.